The number of amides is 3. The Hall–Kier alpha value is -5.34. The van der Waals surface area contributed by atoms with Crippen molar-refractivity contribution in [3.63, 3.8) is 0 Å². The van der Waals surface area contributed by atoms with Gasteiger partial charge in [0.2, 0.25) is 0 Å². The van der Waals surface area contributed by atoms with E-state index in [-0.39, 0.29) is 51.8 Å². The van der Waals surface area contributed by atoms with Gasteiger partial charge in [-0.1, -0.05) is 29.3 Å². The maximum atomic E-state index is 12.6. The molecule has 3 N–H and O–H groups in total. The summed E-state index contributed by atoms with van der Waals surface area (Å²) in [5, 5.41) is 20.4. The fourth-order valence-electron chi connectivity index (χ4n) is 4.42. The van der Waals surface area contributed by atoms with Crippen LogP contribution in [-0.4, -0.2) is 49.4 Å². The van der Waals surface area contributed by atoms with Gasteiger partial charge in [-0.25, -0.2) is 15.0 Å². The van der Waals surface area contributed by atoms with Gasteiger partial charge in [0.1, 0.15) is 6.61 Å². The third kappa shape index (κ3) is 8.89. The van der Waals surface area contributed by atoms with E-state index in [0.29, 0.717) is 22.4 Å². The number of methoxy groups -OCH3 is 1. The molecule has 1 aliphatic rings. The average molecular weight is 687 g/mol. The maximum Gasteiger partial charge on any atom is 0.338 e. The van der Waals surface area contributed by atoms with E-state index in [4.69, 9.17) is 42.1 Å². The molecular formula is C31H29Cl2N5O9. The van der Waals surface area contributed by atoms with Crippen LogP contribution in [0.2, 0.25) is 10.0 Å². The van der Waals surface area contributed by atoms with E-state index < -0.39 is 35.5 Å². The first kappa shape index (κ1) is 34.5. The summed E-state index contributed by atoms with van der Waals surface area (Å²) in [5.41, 5.74) is 4.59. The molecule has 1 heterocycles. The zero-order chi connectivity index (χ0) is 34.1. The molecule has 0 radical (unpaired) electrons. The number of non-ortho nitro benzene ring substituents is 1. The van der Waals surface area contributed by atoms with Gasteiger partial charge in [0.25, 0.3) is 11.6 Å². The normalized spacial score (nSPS) is 14.2. The van der Waals surface area contributed by atoms with Crippen LogP contribution < -0.4 is 30.3 Å². The molecule has 4 rings (SSSR count). The zero-order valence-electron chi connectivity index (χ0n) is 25.3. The zero-order valence-corrected chi connectivity index (χ0v) is 26.8. The number of nitro groups is 1. The molecule has 3 aromatic carbocycles. The lowest BCUT2D eigenvalue weighted by molar-refractivity contribution is -0.384. The first-order valence-corrected chi connectivity index (χ1v) is 14.7. The number of rotatable bonds is 13. The third-order valence-corrected chi connectivity index (χ3v) is 7.16. The van der Waals surface area contributed by atoms with E-state index in [1.165, 1.54) is 37.6 Å². The molecular weight excluding hydrogens is 657 g/mol. The van der Waals surface area contributed by atoms with Crippen molar-refractivity contribution in [2.75, 3.05) is 20.3 Å². The molecule has 0 aliphatic carbocycles. The lowest BCUT2D eigenvalue weighted by Gasteiger charge is -2.28. The number of ether oxygens (including phenoxy) is 4. The van der Waals surface area contributed by atoms with Crippen LogP contribution in [0.25, 0.3) is 0 Å². The van der Waals surface area contributed by atoms with Crippen molar-refractivity contribution in [2.24, 2.45) is 5.10 Å². The molecule has 14 nitrogen and oxygen atoms in total. The summed E-state index contributed by atoms with van der Waals surface area (Å²) >= 11 is 12.7. The van der Waals surface area contributed by atoms with Crippen LogP contribution in [0.3, 0.4) is 0 Å². The van der Waals surface area contributed by atoms with E-state index in [2.05, 4.69) is 21.2 Å². The van der Waals surface area contributed by atoms with Crippen LogP contribution in [-0.2, 0) is 20.9 Å². The second-order valence-corrected chi connectivity index (χ2v) is 10.6. The van der Waals surface area contributed by atoms with Crippen molar-refractivity contribution < 1.29 is 38.3 Å². The van der Waals surface area contributed by atoms with E-state index in [9.17, 15) is 24.5 Å². The highest BCUT2D eigenvalue weighted by Crippen LogP contribution is 2.36. The monoisotopic (exact) mass is 685 g/mol. The van der Waals surface area contributed by atoms with Gasteiger partial charge in [-0.05, 0) is 66.9 Å². The number of allylic oxidation sites excluding steroid dienone is 1. The number of halogens is 2. The van der Waals surface area contributed by atoms with Gasteiger partial charge in [0.15, 0.2) is 23.9 Å². The highest BCUT2D eigenvalue weighted by atomic mass is 35.5. The van der Waals surface area contributed by atoms with Crippen LogP contribution in [0, 0.1) is 10.1 Å². The Morgan fingerprint density at radius 3 is 2.40 bits per heavy atom. The summed E-state index contributed by atoms with van der Waals surface area (Å²) in [6.07, 6.45) is 1.33. The smallest absolute Gasteiger partial charge is 0.338 e. The van der Waals surface area contributed by atoms with E-state index in [1.807, 2.05) is 0 Å². The molecule has 0 spiro atoms. The number of carbonyl (C=O) groups is 3. The topological polar surface area (TPSA) is 180 Å². The van der Waals surface area contributed by atoms with Crippen molar-refractivity contribution in [3.05, 3.63) is 103 Å². The van der Waals surface area contributed by atoms with Crippen molar-refractivity contribution in [3.8, 4) is 17.2 Å². The number of nitrogens with one attached hydrogen (secondary N) is 3. The Morgan fingerprint density at radius 2 is 1.77 bits per heavy atom. The summed E-state index contributed by atoms with van der Waals surface area (Å²) in [7, 11) is 1.41. The summed E-state index contributed by atoms with van der Waals surface area (Å²) in [6.45, 7) is 3.11. The number of nitro benzene ring substituents is 1. The fraction of sp³-hybridized carbons (Fsp3) is 0.226. The number of hydrazone groups is 1. The van der Waals surface area contributed by atoms with Crippen LogP contribution in [0.4, 0.5) is 10.5 Å². The summed E-state index contributed by atoms with van der Waals surface area (Å²) in [5.74, 6) is -0.453. The van der Waals surface area contributed by atoms with Crippen LogP contribution in [0.5, 0.6) is 17.2 Å². The van der Waals surface area contributed by atoms with Crippen LogP contribution >= 0.6 is 23.2 Å². The molecule has 0 bridgehead atoms. The SMILES string of the molecule is CCOC(=O)C1=C(C)NC(=O)N[C@H]1c1ccc(OCC(=O)N/N=C\c2cc(Cl)c(OCc3ccc([N+](=O)[O-])cc3)c(Cl)c2)c(OC)c1. The average Bonchev–Trinajstić information content (AvgIpc) is 3.03. The fourth-order valence-corrected chi connectivity index (χ4v) is 5.03. The predicted octanol–water partition coefficient (Wildman–Crippen LogP) is 5.21. The van der Waals surface area contributed by atoms with Gasteiger partial charge in [0, 0.05) is 17.8 Å². The Bertz CT molecular complexity index is 1720. The van der Waals surface area contributed by atoms with Gasteiger partial charge in [-0.3, -0.25) is 14.9 Å². The number of hydrogen-bond donors (Lipinski definition) is 3. The molecule has 0 fully saturated rings. The van der Waals surface area contributed by atoms with Gasteiger partial charge in [0.05, 0.1) is 46.5 Å². The molecule has 0 saturated heterocycles. The van der Waals surface area contributed by atoms with Gasteiger partial charge in [-0.2, -0.15) is 5.10 Å². The van der Waals surface area contributed by atoms with Gasteiger partial charge >= 0.3 is 12.0 Å². The molecule has 3 amide bonds. The predicted molar refractivity (Wildman–Crippen MR) is 172 cm³/mol. The molecule has 16 heteroatoms. The highest BCUT2D eigenvalue weighted by Gasteiger charge is 2.32. The summed E-state index contributed by atoms with van der Waals surface area (Å²) in [6, 6.07) is 12.4. The Labute approximate surface area is 278 Å². The number of urea groups is 1. The van der Waals surface area contributed by atoms with Crippen LogP contribution in [0.1, 0.15) is 36.6 Å². The molecule has 246 valence electrons. The number of hydrogen-bond acceptors (Lipinski definition) is 10. The first-order chi connectivity index (χ1) is 22.5. The van der Waals surface area contributed by atoms with E-state index >= 15 is 0 Å². The highest BCUT2D eigenvalue weighted by molar-refractivity contribution is 6.37. The molecule has 0 saturated carbocycles. The Morgan fingerprint density at radius 1 is 1.06 bits per heavy atom. The number of nitrogens with zero attached hydrogens (tertiary/aromatic N) is 2. The molecule has 1 aliphatic heterocycles. The third-order valence-electron chi connectivity index (χ3n) is 6.60. The number of esters is 1. The van der Waals surface area contributed by atoms with E-state index in [0.717, 1.165) is 0 Å². The minimum absolute atomic E-state index is 0.0362. The summed E-state index contributed by atoms with van der Waals surface area (Å²) < 4.78 is 21.9. The van der Waals surface area contributed by atoms with Crippen molar-refractivity contribution in [1.82, 2.24) is 16.1 Å². The van der Waals surface area contributed by atoms with Gasteiger partial charge < -0.3 is 29.6 Å². The molecule has 0 unspecified atom stereocenters. The second-order valence-electron chi connectivity index (χ2n) is 9.81. The Kier molecular flexibility index (Phi) is 11.6. The quantitative estimate of drug-likeness (QED) is 0.0942. The molecule has 3 aromatic rings. The summed E-state index contributed by atoms with van der Waals surface area (Å²) in [4.78, 5) is 47.5. The molecule has 0 aromatic heterocycles. The minimum atomic E-state index is -0.805. The maximum absolute atomic E-state index is 12.6. The van der Waals surface area contributed by atoms with E-state index in [1.54, 1.807) is 44.2 Å². The molecule has 1 atom stereocenters. The second kappa shape index (κ2) is 15.8. The largest absolute Gasteiger partial charge is 0.493 e. The first-order valence-electron chi connectivity index (χ1n) is 13.9. The van der Waals surface area contributed by atoms with Crippen molar-refractivity contribution in [1.29, 1.82) is 0 Å². The van der Waals surface area contributed by atoms with Crippen molar-refractivity contribution >= 4 is 53.0 Å². The van der Waals surface area contributed by atoms with Gasteiger partial charge in [-0.15, -0.1) is 0 Å². The van der Waals surface area contributed by atoms with Crippen molar-refractivity contribution in [2.45, 2.75) is 26.5 Å². The molecule has 47 heavy (non-hydrogen) atoms. The number of benzene rings is 3. The Balaban J connectivity index is 1.34. The lowest BCUT2D eigenvalue weighted by atomic mass is 9.95. The minimum Gasteiger partial charge on any atom is -0.493 e. The van der Waals surface area contributed by atoms with Crippen LogP contribution in [0.15, 0.2) is 71.0 Å². The number of carbonyl (C=O) groups excluding carboxylic acids is 3. The lowest BCUT2D eigenvalue weighted by Crippen LogP contribution is -2.45. The standard InChI is InChI=1S/C31H29Cl2N5O9/c1-4-45-30(40)27-17(2)35-31(41)36-28(27)20-7-10-24(25(13-20)44-3)46-16-26(39)37-34-14-19-11-22(32)29(23(33)12-19)47-15-18-5-8-21(9-6-18)38(42)43/h5-14,28H,4,15-16H2,1-3H3,(H,37,39)(H2,35,36,41)/b34-14-/t28-/m0/s1.